The average Bonchev–Trinajstić information content (AvgIpc) is 3.44. The molecule has 0 radical (unpaired) electrons. The van der Waals surface area contributed by atoms with Crippen molar-refractivity contribution in [1.29, 1.82) is 0 Å². The van der Waals surface area contributed by atoms with Crippen LogP contribution in [0.1, 0.15) is 35.5 Å². The number of hydrogen-bond acceptors (Lipinski definition) is 6. The van der Waals surface area contributed by atoms with Crippen molar-refractivity contribution in [3.05, 3.63) is 77.6 Å². The molecule has 1 N–H and O–H groups in total. The van der Waals surface area contributed by atoms with Crippen LogP contribution in [0.3, 0.4) is 0 Å². The molecule has 8 nitrogen and oxygen atoms in total. The Morgan fingerprint density at radius 2 is 1.88 bits per heavy atom. The van der Waals surface area contributed by atoms with Crippen molar-refractivity contribution in [2.24, 2.45) is 0 Å². The summed E-state index contributed by atoms with van der Waals surface area (Å²) in [6.45, 7) is 8.01. The van der Waals surface area contributed by atoms with Crippen LogP contribution in [-0.2, 0) is 4.79 Å². The zero-order chi connectivity index (χ0) is 22.7. The topological polar surface area (TPSA) is 90.5 Å². The van der Waals surface area contributed by atoms with Crippen molar-refractivity contribution in [1.82, 2.24) is 34.8 Å². The third kappa shape index (κ3) is 4.72. The highest BCUT2D eigenvalue weighted by atomic mass is 32.2. The normalized spacial score (nSPS) is 12.0. The first-order valence-corrected chi connectivity index (χ1v) is 11.3. The predicted molar refractivity (Wildman–Crippen MR) is 124 cm³/mol. The van der Waals surface area contributed by atoms with Gasteiger partial charge >= 0.3 is 0 Å². The summed E-state index contributed by atoms with van der Waals surface area (Å²) in [5, 5.41) is 16.4. The van der Waals surface area contributed by atoms with Crippen LogP contribution < -0.4 is 5.32 Å². The third-order valence-electron chi connectivity index (χ3n) is 5.19. The van der Waals surface area contributed by atoms with Gasteiger partial charge in [0.15, 0.2) is 5.16 Å². The molecule has 0 unspecified atom stereocenters. The van der Waals surface area contributed by atoms with Crippen LogP contribution in [0.25, 0.3) is 11.4 Å². The van der Waals surface area contributed by atoms with E-state index < -0.39 is 0 Å². The van der Waals surface area contributed by atoms with E-state index >= 15 is 0 Å². The first kappa shape index (κ1) is 21.8. The molecule has 1 atom stereocenters. The molecule has 164 valence electrons. The van der Waals surface area contributed by atoms with Crippen molar-refractivity contribution >= 4 is 17.7 Å². The molecule has 2 aromatic heterocycles. The first-order valence-electron chi connectivity index (χ1n) is 10.3. The lowest BCUT2D eigenvalue weighted by Crippen LogP contribution is -2.28. The Morgan fingerprint density at radius 3 is 2.59 bits per heavy atom. The Morgan fingerprint density at radius 1 is 1.09 bits per heavy atom. The lowest BCUT2D eigenvalue weighted by molar-refractivity contribution is -0.119. The van der Waals surface area contributed by atoms with E-state index in [4.69, 9.17) is 0 Å². The lowest BCUT2D eigenvalue weighted by atomic mass is 10.1. The molecule has 2 aromatic carbocycles. The van der Waals surface area contributed by atoms with Crippen molar-refractivity contribution < 1.29 is 4.79 Å². The van der Waals surface area contributed by atoms with Crippen molar-refractivity contribution in [3.8, 4) is 11.4 Å². The quantitative estimate of drug-likeness (QED) is 0.434. The summed E-state index contributed by atoms with van der Waals surface area (Å²) >= 11 is 1.38. The summed E-state index contributed by atoms with van der Waals surface area (Å²) in [7, 11) is 0. The molecule has 0 fully saturated rings. The van der Waals surface area contributed by atoms with E-state index in [-0.39, 0.29) is 17.7 Å². The maximum atomic E-state index is 12.6. The Hall–Kier alpha value is -3.46. The fourth-order valence-corrected chi connectivity index (χ4v) is 4.23. The van der Waals surface area contributed by atoms with Crippen LogP contribution in [0.2, 0.25) is 0 Å². The van der Waals surface area contributed by atoms with Crippen molar-refractivity contribution in [2.45, 2.75) is 38.9 Å². The number of aryl methyl sites for hydroxylation is 3. The van der Waals surface area contributed by atoms with Crippen LogP contribution in [0.4, 0.5) is 0 Å². The SMILES string of the molecule is Cc1ccc(C)c(-n2c(C)nnc2SCC(=O)N[C@@H](C)c2ccc(-n3cncn3)cc2)c1. The number of carbonyl (C=O) groups is 1. The van der Waals surface area contributed by atoms with Crippen LogP contribution >= 0.6 is 11.8 Å². The number of rotatable bonds is 7. The summed E-state index contributed by atoms with van der Waals surface area (Å²) in [5.41, 5.74) is 5.27. The maximum absolute atomic E-state index is 12.6. The van der Waals surface area contributed by atoms with E-state index in [1.165, 1.54) is 18.1 Å². The van der Waals surface area contributed by atoms with E-state index in [2.05, 4.69) is 57.6 Å². The first-order chi connectivity index (χ1) is 15.4. The third-order valence-corrected chi connectivity index (χ3v) is 6.12. The Kier molecular flexibility index (Phi) is 6.36. The number of thioether (sulfide) groups is 1. The Balaban J connectivity index is 1.40. The van der Waals surface area contributed by atoms with Crippen LogP contribution in [-0.4, -0.2) is 41.2 Å². The molecule has 32 heavy (non-hydrogen) atoms. The van der Waals surface area contributed by atoms with E-state index in [1.54, 1.807) is 11.0 Å². The largest absolute Gasteiger partial charge is 0.349 e. The lowest BCUT2D eigenvalue weighted by Gasteiger charge is -2.15. The summed E-state index contributed by atoms with van der Waals surface area (Å²) in [6.07, 6.45) is 3.15. The smallest absolute Gasteiger partial charge is 0.230 e. The summed E-state index contributed by atoms with van der Waals surface area (Å²) in [6, 6.07) is 14.0. The molecule has 4 rings (SSSR count). The van der Waals surface area contributed by atoms with Gasteiger partial charge in [-0.3, -0.25) is 9.36 Å². The average molecular weight is 448 g/mol. The maximum Gasteiger partial charge on any atom is 0.230 e. The standard InChI is InChI=1S/C23H25N7OS/c1-15-5-6-16(2)21(11-15)30-18(4)27-28-23(30)32-12-22(31)26-17(3)19-7-9-20(10-8-19)29-14-24-13-25-29/h5-11,13-14,17H,12H2,1-4H3,(H,26,31)/t17-/m0/s1. The fraction of sp³-hybridized carbons (Fsp3) is 0.261. The molecule has 0 saturated carbocycles. The molecule has 0 saturated heterocycles. The van der Waals surface area contributed by atoms with Gasteiger partial charge in [0.05, 0.1) is 23.2 Å². The molecular weight excluding hydrogens is 422 g/mol. The van der Waals surface area contributed by atoms with Gasteiger partial charge in [0, 0.05) is 0 Å². The Labute approximate surface area is 191 Å². The van der Waals surface area contributed by atoms with E-state index in [0.717, 1.165) is 33.9 Å². The number of carbonyl (C=O) groups excluding carboxylic acids is 1. The van der Waals surface area contributed by atoms with E-state index in [9.17, 15) is 4.79 Å². The van der Waals surface area contributed by atoms with Gasteiger partial charge in [-0.05, 0) is 62.6 Å². The highest BCUT2D eigenvalue weighted by molar-refractivity contribution is 7.99. The highest BCUT2D eigenvalue weighted by Crippen LogP contribution is 2.25. The molecule has 2 heterocycles. The molecule has 4 aromatic rings. The second kappa shape index (κ2) is 9.35. The Bertz CT molecular complexity index is 1220. The minimum absolute atomic E-state index is 0.0592. The van der Waals surface area contributed by atoms with Crippen LogP contribution in [0, 0.1) is 20.8 Å². The second-order valence-corrected chi connectivity index (χ2v) is 8.61. The summed E-state index contributed by atoms with van der Waals surface area (Å²) < 4.78 is 3.70. The zero-order valence-corrected chi connectivity index (χ0v) is 19.3. The number of amides is 1. The van der Waals surface area contributed by atoms with Gasteiger partial charge in [-0.1, -0.05) is 36.0 Å². The minimum Gasteiger partial charge on any atom is -0.349 e. The monoisotopic (exact) mass is 447 g/mol. The number of benzene rings is 2. The number of nitrogens with one attached hydrogen (secondary N) is 1. The molecule has 0 aliphatic carbocycles. The molecule has 0 aliphatic rings. The molecule has 0 bridgehead atoms. The number of aromatic nitrogens is 6. The second-order valence-electron chi connectivity index (χ2n) is 7.66. The predicted octanol–water partition coefficient (Wildman–Crippen LogP) is 3.74. The van der Waals surface area contributed by atoms with Gasteiger partial charge in [-0.25, -0.2) is 9.67 Å². The van der Waals surface area contributed by atoms with Gasteiger partial charge < -0.3 is 5.32 Å². The van der Waals surface area contributed by atoms with E-state index in [1.807, 2.05) is 42.7 Å². The molecule has 0 spiro atoms. The summed E-state index contributed by atoms with van der Waals surface area (Å²) in [5.74, 6) is 0.989. The fourth-order valence-electron chi connectivity index (χ4n) is 3.43. The van der Waals surface area contributed by atoms with Crippen LogP contribution in [0.15, 0.2) is 60.3 Å². The molecular formula is C23H25N7OS. The number of nitrogens with zero attached hydrogens (tertiary/aromatic N) is 6. The van der Waals surface area contributed by atoms with Gasteiger partial charge in [0.1, 0.15) is 18.5 Å². The van der Waals surface area contributed by atoms with E-state index in [0.29, 0.717) is 5.16 Å². The summed E-state index contributed by atoms with van der Waals surface area (Å²) in [4.78, 5) is 16.6. The number of hydrogen-bond donors (Lipinski definition) is 1. The molecule has 9 heteroatoms. The van der Waals surface area contributed by atoms with Gasteiger partial charge in [-0.15, -0.1) is 10.2 Å². The highest BCUT2D eigenvalue weighted by Gasteiger charge is 2.16. The zero-order valence-electron chi connectivity index (χ0n) is 18.5. The molecule has 1 amide bonds. The van der Waals surface area contributed by atoms with Gasteiger partial charge in [-0.2, -0.15) is 5.10 Å². The molecule has 0 aliphatic heterocycles. The van der Waals surface area contributed by atoms with Gasteiger partial charge in [0.25, 0.3) is 0 Å². The van der Waals surface area contributed by atoms with Crippen LogP contribution in [0.5, 0.6) is 0 Å². The van der Waals surface area contributed by atoms with Gasteiger partial charge in [0.2, 0.25) is 5.91 Å². The minimum atomic E-state index is -0.119. The van der Waals surface area contributed by atoms with Crippen molar-refractivity contribution in [2.75, 3.05) is 5.75 Å². The van der Waals surface area contributed by atoms with Crippen molar-refractivity contribution in [3.63, 3.8) is 0 Å².